The zero-order valence-electron chi connectivity index (χ0n) is 15.9. The molecule has 2 aromatic carbocycles. The largest absolute Gasteiger partial charge is 0.493 e. The maximum Gasteiger partial charge on any atom is 0.180 e. The smallest absolute Gasteiger partial charge is 0.180 e. The Hall–Kier alpha value is -0.840. The van der Waals surface area contributed by atoms with Crippen LogP contribution in [0.15, 0.2) is 30.3 Å². The summed E-state index contributed by atoms with van der Waals surface area (Å²) in [6.07, 6.45) is 1.03. The molecule has 0 heterocycles. The zero-order valence-corrected chi connectivity index (χ0v) is 19.0. The van der Waals surface area contributed by atoms with Crippen molar-refractivity contribution in [1.29, 1.82) is 0 Å². The summed E-state index contributed by atoms with van der Waals surface area (Å²) in [5.41, 5.74) is 1.91. The van der Waals surface area contributed by atoms with E-state index in [0.717, 1.165) is 17.5 Å². The highest BCUT2D eigenvalue weighted by molar-refractivity contribution is 6.35. The van der Waals surface area contributed by atoms with Gasteiger partial charge < -0.3 is 14.8 Å². The summed E-state index contributed by atoms with van der Waals surface area (Å²) >= 11 is 18.6. The molecule has 0 aliphatic carbocycles. The number of benzene rings is 2. The molecule has 0 saturated carbocycles. The molecular weight excluding hydrogens is 428 g/mol. The normalized spacial score (nSPS) is 11.1. The highest BCUT2D eigenvalue weighted by atomic mass is 35.5. The maximum atomic E-state index is 6.44. The summed E-state index contributed by atoms with van der Waals surface area (Å²) in [6.45, 7) is 7.45. The molecule has 0 spiro atoms. The van der Waals surface area contributed by atoms with Crippen molar-refractivity contribution in [3.05, 3.63) is 56.5 Å². The van der Waals surface area contributed by atoms with Crippen LogP contribution >= 0.6 is 47.2 Å². The molecule has 0 aliphatic rings. The van der Waals surface area contributed by atoms with Crippen molar-refractivity contribution in [3.63, 3.8) is 0 Å². The number of halogens is 4. The van der Waals surface area contributed by atoms with Gasteiger partial charge in [0.15, 0.2) is 11.5 Å². The fourth-order valence-electron chi connectivity index (χ4n) is 2.27. The third-order valence-electron chi connectivity index (χ3n) is 4.33. The van der Waals surface area contributed by atoms with E-state index < -0.39 is 0 Å². The Kier molecular flexibility index (Phi) is 9.53. The average molecular weight is 453 g/mol. The lowest BCUT2D eigenvalue weighted by Gasteiger charge is -2.25. The number of methoxy groups -OCH3 is 1. The lowest BCUT2D eigenvalue weighted by molar-refractivity contribution is 0.284. The van der Waals surface area contributed by atoms with Crippen molar-refractivity contribution < 1.29 is 9.47 Å². The van der Waals surface area contributed by atoms with Crippen molar-refractivity contribution in [2.75, 3.05) is 7.11 Å². The number of hydrogen-bond acceptors (Lipinski definition) is 3. The molecule has 0 amide bonds. The first-order valence-corrected chi connectivity index (χ1v) is 9.57. The van der Waals surface area contributed by atoms with Crippen molar-refractivity contribution in [2.45, 2.75) is 45.9 Å². The fraction of sp³-hybridized carbons (Fsp3) is 0.400. The quantitative estimate of drug-likeness (QED) is 0.470. The van der Waals surface area contributed by atoms with Crippen LogP contribution in [0.25, 0.3) is 0 Å². The molecule has 0 aromatic heterocycles. The summed E-state index contributed by atoms with van der Waals surface area (Å²) in [5, 5.41) is 5.14. The van der Waals surface area contributed by atoms with E-state index in [4.69, 9.17) is 44.3 Å². The van der Waals surface area contributed by atoms with Crippen LogP contribution in [0.4, 0.5) is 0 Å². The molecule has 7 heteroatoms. The Bertz CT molecular complexity index is 766. The molecule has 150 valence electrons. The molecule has 0 aliphatic heterocycles. The molecule has 27 heavy (non-hydrogen) atoms. The van der Waals surface area contributed by atoms with Crippen LogP contribution < -0.4 is 14.8 Å². The minimum absolute atomic E-state index is 0. The standard InChI is InChI=1S/C20H24Cl3NO2.ClH/c1-5-20(2,3)24-11-13-8-17(23)19(18(9-13)25-4)26-12-14-6-7-15(21)10-16(14)22;/h6-10,24H,5,11-12H2,1-4H3;1H. The second-order valence-corrected chi connectivity index (χ2v) is 7.98. The molecule has 0 bridgehead atoms. The summed E-state index contributed by atoms with van der Waals surface area (Å²) in [6, 6.07) is 9.11. The summed E-state index contributed by atoms with van der Waals surface area (Å²) in [4.78, 5) is 0. The van der Waals surface area contributed by atoms with E-state index in [2.05, 4.69) is 26.1 Å². The van der Waals surface area contributed by atoms with Crippen LogP contribution in [0.2, 0.25) is 15.1 Å². The second kappa shape index (κ2) is 10.6. The van der Waals surface area contributed by atoms with Crippen LogP contribution in [0.3, 0.4) is 0 Å². The van der Waals surface area contributed by atoms with Gasteiger partial charge in [-0.2, -0.15) is 0 Å². The van der Waals surface area contributed by atoms with Crippen LogP contribution in [-0.4, -0.2) is 12.6 Å². The Balaban J connectivity index is 0.00000364. The van der Waals surface area contributed by atoms with E-state index in [1.54, 1.807) is 19.2 Å². The SMILES string of the molecule is CCC(C)(C)NCc1cc(Cl)c(OCc2ccc(Cl)cc2Cl)c(OC)c1.Cl. The summed E-state index contributed by atoms with van der Waals surface area (Å²) < 4.78 is 11.4. The van der Waals surface area contributed by atoms with Gasteiger partial charge in [0.05, 0.1) is 12.1 Å². The first kappa shape index (κ1) is 24.2. The van der Waals surface area contributed by atoms with E-state index in [1.165, 1.54) is 0 Å². The van der Waals surface area contributed by atoms with Gasteiger partial charge in [0, 0.05) is 27.7 Å². The Morgan fingerprint density at radius 1 is 1.04 bits per heavy atom. The summed E-state index contributed by atoms with van der Waals surface area (Å²) in [7, 11) is 1.60. The molecule has 0 saturated heterocycles. The monoisotopic (exact) mass is 451 g/mol. The zero-order chi connectivity index (χ0) is 19.3. The highest BCUT2D eigenvalue weighted by Gasteiger charge is 2.16. The van der Waals surface area contributed by atoms with E-state index in [1.807, 2.05) is 18.2 Å². The van der Waals surface area contributed by atoms with Gasteiger partial charge in [-0.3, -0.25) is 0 Å². The molecule has 0 fully saturated rings. The van der Waals surface area contributed by atoms with E-state index in [9.17, 15) is 0 Å². The van der Waals surface area contributed by atoms with Crippen molar-refractivity contribution in [2.24, 2.45) is 0 Å². The van der Waals surface area contributed by atoms with Gasteiger partial charge in [0.1, 0.15) is 6.61 Å². The van der Waals surface area contributed by atoms with Gasteiger partial charge in [0.25, 0.3) is 0 Å². The first-order valence-electron chi connectivity index (χ1n) is 8.44. The number of nitrogens with one attached hydrogen (secondary N) is 1. The number of rotatable bonds is 8. The van der Waals surface area contributed by atoms with Crippen LogP contribution in [-0.2, 0) is 13.2 Å². The van der Waals surface area contributed by atoms with E-state index in [-0.39, 0.29) is 24.6 Å². The molecule has 1 N–H and O–H groups in total. The molecule has 2 rings (SSSR count). The minimum atomic E-state index is 0. The molecule has 2 aromatic rings. The lowest BCUT2D eigenvalue weighted by Crippen LogP contribution is -2.37. The predicted octanol–water partition coefficient (Wildman–Crippen LogP) is 6.93. The Labute approximate surface area is 182 Å². The van der Waals surface area contributed by atoms with Crippen molar-refractivity contribution >= 4 is 47.2 Å². The third-order valence-corrected chi connectivity index (χ3v) is 5.20. The van der Waals surface area contributed by atoms with Gasteiger partial charge in [-0.25, -0.2) is 0 Å². The third kappa shape index (κ3) is 6.92. The molecule has 0 atom stereocenters. The van der Waals surface area contributed by atoms with E-state index >= 15 is 0 Å². The van der Waals surface area contributed by atoms with Gasteiger partial charge in [-0.05, 0) is 50.1 Å². The van der Waals surface area contributed by atoms with Gasteiger partial charge in [-0.15, -0.1) is 12.4 Å². The Morgan fingerprint density at radius 3 is 2.33 bits per heavy atom. The molecule has 0 radical (unpaired) electrons. The van der Waals surface area contributed by atoms with Gasteiger partial charge in [0.2, 0.25) is 0 Å². The number of ether oxygens (including phenoxy) is 2. The minimum Gasteiger partial charge on any atom is -0.493 e. The number of hydrogen-bond donors (Lipinski definition) is 1. The van der Waals surface area contributed by atoms with Crippen molar-refractivity contribution in [1.82, 2.24) is 5.32 Å². The first-order chi connectivity index (χ1) is 12.3. The fourth-order valence-corrected chi connectivity index (χ4v) is 3.02. The van der Waals surface area contributed by atoms with Crippen molar-refractivity contribution in [3.8, 4) is 11.5 Å². The topological polar surface area (TPSA) is 30.5 Å². The summed E-state index contributed by atoms with van der Waals surface area (Å²) in [5.74, 6) is 1.09. The second-order valence-electron chi connectivity index (χ2n) is 6.72. The van der Waals surface area contributed by atoms with Gasteiger partial charge >= 0.3 is 0 Å². The highest BCUT2D eigenvalue weighted by Crippen LogP contribution is 2.37. The molecule has 0 unspecified atom stereocenters. The van der Waals surface area contributed by atoms with Crippen LogP contribution in [0.1, 0.15) is 38.3 Å². The van der Waals surface area contributed by atoms with Crippen LogP contribution in [0, 0.1) is 0 Å². The van der Waals surface area contributed by atoms with Gasteiger partial charge in [-0.1, -0.05) is 47.8 Å². The van der Waals surface area contributed by atoms with E-state index in [0.29, 0.717) is 33.1 Å². The lowest BCUT2D eigenvalue weighted by atomic mass is 10.0. The maximum absolute atomic E-state index is 6.44. The molecular formula is C20H25Cl4NO2. The Morgan fingerprint density at radius 2 is 1.74 bits per heavy atom. The average Bonchev–Trinajstić information content (AvgIpc) is 2.60. The predicted molar refractivity (Wildman–Crippen MR) is 117 cm³/mol. The molecule has 3 nitrogen and oxygen atoms in total. The van der Waals surface area contributed by atoms with Crippen LogP contribution in [0.5, 0.6) is 11.5 Å².